The van der Waals surface area contributed by atoms with Gasteiger partial charge >= 0.3 is 0 Å². The summed E-state index contributed by atoms with van der Waals surface area (Å²) in [6, 6.07) is 9.27. The van der Waals surface area contributed by atoms with Crippen LogP contribution in [-0.2, 0) is 4.79 Å². The highest BCUT2D eigenvalue weighted by atomic mass is 19.1. The summed E-state index contributed by atoms with van der Waals surface area (Å²) in [6.07, 6.45) is 0.0900. The van der Waals surface area contributed by atoms with Gasteiger partial charge in [-0.3, -0.25) is 15.0 Å². The van der Waals surface area contributed by atoms with Gasteiger partial charge in [-0.05, 0) is 30.7 Å². The number of carbonyl (C=O) groups excluding carboxylic acids is 2. The molecule has 2 aromatic carbocycles. The lowest BCUT2D eigenvalue weighted by molar-refractivity contribution is -0.117. The van der Waals surface area contributed by atoms with E-state index in [1.54, 1.807) is 24.3 Å². The van der Waals surface area contributed by atoms with E-state index in [2.05, 4.69) is 5.43 Å². The summed E-state index contributed by atoms with van der Waals surface area (Å²) in [6.45, 7) is 1.42. The fourth-order valence-corrected chi connectivity index (χ4v) is 2.71. The molecule has 0 radical (unpaired) electrons. The first-order valence-electron chi connectivity index (χ1n) is 7.11. The SMILES string of the molecule is CC(=O)CC1c2ccccc2C(=O)N1Nc1cc(F)ccc1F. The van der Waals surface area contributed by atoms with Gasteiger partial charge in [0.2, 0.25) is 0 Å². The van der Waals surface area contributed by atoms with Crippen molar-refractivity contribution < 1.29 is 18.4 Å². The molecule has 0 bridgehead atoms. The molecule has 1 atom stereocenters. The summed E-state index contributed by atoms with van der Waals surface area (Å²) in [5.41, 5.74) is 3.60. The maximum atomic E-state index is 13.8. The van der Waals surface area contributed by atoms with Gasteiger partial charge in [-0.25, -0.2) is 13.8 Å². The number of rotatable bonds is 4. The van der Waals surface area contributed by atoms with Crippen molar-refractivity contribution in [2.45, 2.75) is 19.4 Å². The summed E-state index contributed by atoms with van der Waals surface area (Å²) >= 11 is 0. The van der Waals surface area contributed by atoms with E-state index in [0.717, 1.165) is 18.2 Å². The first-order chi connectivity index (χ1) is 11.0. The van der Waals surface area contributed by atoms with Crippen LogP contribution in [0, 0.1) is 11.6 Å². The number of fused-ring (bicyclic) bond motifs is 1. The third-order valence-corrected chi connectivity index (χ3v) is 3.73. The maximum absolute atomic E-state index is 13.8. The van der Waals surface area contributed by atoms with Gasteiger partial charge in [0.05, 0.1) is 11.7 Å². The lowest BCUT2D eigenvalue weighted by Crippen LogP contribution is -2.35. The van der Waals surface area contributed by atoms with Crippen LogP contribution in [0.2, 0.25) is 0 Å². The van der Waals surface area contributed by atoms with Crippen molar-refractivity contribution in [2.24, 2.45) is 0 Å². The van der Waals surface area contributed by atoms with Crippen LogP contribution in [0.15, 0.2) is 42.5 Å². The van der Waals surface area contributed by atoms with Crippen molar-refractivity contribution in [3.05, 3.63) is 65.2 Å². The molecule has 1 aliphatic rings. The second-order valence-corrected chi connectivity index (χ2v) is 5.42. The van der Waals surface area contributed by atoms with Crippen LogP contribution in [0.4, 0.5) is 14.5 Å². The molecular formula is C17H14F2N2O2. The average Bonchev–Trinajstić information content (AvgIpc) is 2.76. The van der Waals surface area contributed by atoms with Crippen molar-refractivity contribution in [1.82, 2.24) is 5.01 Å². The first kappa shape index (κ1) is 15.1. The summed E-state index contributed by atoms with van der Waals surface area (Å²) < 4.78 is 27.2. The predicted molar refractivity (Wildman–Crippen MR) is 80.6 cm³/mol. The van der Waals surface area contributed by atoms with E-state index < -0.39 is 17.7 Å². The molecule has 0 aromatic heterocycles. The van der Waals surface area contributed by atoms with Crippen LogP contribution in [0.1, 0.15) is 35.3 Å². The standard InChI is InChI=1S/C17H14F2N2O2/c1-10(22)8-16-12-4-2-3-5-13(12)17(23)21(16)20-15-9-11(18)6-7-14(15)19/h2-7,9,16,20H,8H2,1H3. The van der Waals surface area contributed by atoms with Gasteiger partial charge in [0, 0.05) is 18.1 Å². The van der Waals surface area contributed by atoms with E-state index in [1.165, 1.54) is 11.9 Å². The summed E-state index contributed by atoms with van der Waals surface area (Å²) in [4.78, 5) is 24.1. The third kappa shape index (κ3) is 2.79. The van der Waals surface area contributed by atoms with Crippen LogP contribution in [0.3, 0.4) is 0 Å². The molecule has 1 N–H and O–H groups in total. The summed E-state index contributed by atoms with van der Waals surface area (Å²) in [5, 5.41) is 1.18. The number of hydrogen-bond acceptors (Lipinski definition) is 3. The number of anilines is 1. The predicted octanol–water partition coefficient (Wildman–Crippen LogP) is 3.47. The second kappa shape index (κ2) is 5.79. The fourth-order valence-electron chi connectivity index (χ4n) is 2.71. The van der Waals surface area contributed by atoms with Crippen LogP contribution in [-0.4, -0.2) is 16.7 Å². The Morgan fingerprint density at radius 3 is 2.70 bits per heavy atom. The minimum absolute atomic E-state index is 0.0900. The van der Waals surface area contributed by atoms with Gasteiger partial charge in [0.25, 0.3) is 5.91 Å². The number of ketones is 1. The van der Waals surface area contributed by atoms with Crippen molar-refractivity contribution in [3.63, 3.8) is 0 Å². The lowest BCUT2D eigenvalue weighted by atomic mass is 10.0. The Morgan fingerprint density at radius 2 is 1.96 bits per heavy atom. The molecule has 118 valence electrons. The number of Topliss-reactive ketones (excluding diaryl/α,β-unsaturated/α-hetero) is 1. The largest absolute Gasteiger partial charge is 0.300 e. The van der Waals surface area contributed by atoms with Gasteiger partial charge in [0.15, 0.2) is 0 Å². The molecule has 1 amide bonds. The Labute approximate surface area is 131 Å². The number of nitrogens with zero attached hydrogens (tertiary/aromatic N) is 1. The highest BCUT2D eigenvalue weighted by molar-refractivity contribution is 6.00. The lowest BCUT2D eigenvalue weighted by Gasteiger charge is -2.26. The highest BCUT2D eigenvalue weighted by Crippen LogP contribution is 2.36. The minimum Gasteiger partial charge on any atom is -0.300 e. The molecule has 3 rings (SSSR count). The van der Waals surface area contributed by atoms with Crippen LogP contribution >= 0.6 is 0 Å². The molecule has 0 fully saturated rings. The zero-order chi connectivity index (χ0) is 16.6. The number of benzene rings is 2. The van der Waals surface area contributed by atoms with E-state index in [-0.39, 0.29) is 23.8 Å². The Bertz CT molecular complexity index is 792. The van der Waals surface area contributed by atoms with Crippen molar-refractivity contribution in [1.29, 1.82) is 0 Å². The van der Waals surface area contributed by atoms with Crippen LogP contribution in [0.25, 0.3) is 0 Å². The summed E-state index contributed by atoms with van der Waals surface area (Å²) in [5.74, 6) is -1.79. The molecular weight excluding hydrogens is 302 g/mol. The van der Waals surface area contributed by atoms with Crippen LogP contribution in [0.5, 0.6) is 0 Å². The monoisotopic (exact) mass is 316 g/mol. The van der Waals surface area contributed by atoms with Crippen molar-refractivity contribution in [2.75, 3.05) is 5.43 Å². The molecule has 1 heterocycles. The minimum atomic E-state index is -0.684. The van der Waals surface area contributed by atoms with E-state index in [9.17, 15) is 18.4 Å². The topological polar surface area (TPSA) is 49.4 Å². The van der Waals surface area contributed by atoms with Crippen LogP contribution < -0.4 is 5.43 Å². The smallest absolute Gasteiger partial charge is 0.273 e. The number of halogens is 2. The maximum Gasteiger partial charge on any atom is 0.273 e. The van der Waals surface area contributed by atoms with E-state index in [4.69, 9.17) is 0 Å². The normalized spacial score (nSPS) is 16.4. The molecule has 23 heavy (non-hydrogen) atoms. The first-order valence-corrected chi connectivity index (χ1v) is 7.11. The van der Waals surface area contributed by atoms with Gasteiger partial charge in [-0.1, -0.05) is 18.2 Å². The van der Waals surface area contributed by atoms with Crippen molar-refractivity contribution in [3.8, 4) is 0 Å². The molecule has 0 saturated carbocycles. The molecule has 0 spiro atoms. The molecule has 1 unspecified atom stereocenters. The van der Waals surface area contributed by atoms with Gasteiger partial charge in [-0.2, -0.15) is 0 Å². The Hall–Kier alpha value is -2.76. The van der Waals surface area contributed by atoms with Gasteiger partial charge in [-0.15, -0.1) is 0 Å². The summed E-state index contributed by atoms with van der Waals surface area (Å²) in [7, 11) is 0. The van der Waals surface area contributed by atoms with Gasteiger partial charge < -0.3 is 0 Å². The Kier molecular flexibility index (Phi) is 3.82. The molecule has 0 aliphatic carbocycles. The Morgan fingerprint density at radius 1 is 1.22 bits per heavy atom. The highest BCUT2D eigenvalue weighted by Gasteiger charge is 2.37. The number of hydrogen-bond donors (Lipinski definition) is 1. The quantitative estimate of drug-likeness (QED) is 0.939. The molecule has 6 heteroatoms. The molecule has 0 saturated heterocycles. The number of carbonyl (C=O) groups is 2. The Balaban J connectivity index is 1.98. The fraction of sp³-hybridized carbons (Fsp3) is 0.176. The average molecular weight is 316 g/mol. The van der Waals surface area contributed by atoms with Gasteiger partial charge in [0.1, 0.15) is 17.4 Å². The number of nitrogens with one attached hydrogen (secondary N) is 1. The zero-order valence-electron chi connectivity index (χ0n) is 12.3. The van der Waals surface area contributed by atoms with Crippen molar-refractivity contribution >= 4 is 17.4 Å². The molecule has 1 aliphatic heterocycles. The van der Waals surface area contributed by atoms with E-state index >= 15 is 0 Å². The van der Waals surface area contributed by atoms with E-state index in [0.29, 0.717) is 11.1 Å². The number of amides is 1. The molecule has 4 nitrogen and oxygen atoms in total. The molecule has 2 aromatic rings. The zero-order valence-corrected chi connectivity index (χ0v) is 12.3. The van der Waals surface area contributed by atoms with E-state index in [1.807, 2.05) is 0 Å². The second-order valence-electron chi connectivity index (χ2n) is 5.42. The third-order valence-electron chi connectivity index (χ3n) is 3.73. The number of hydrazine groups is 1.